The summed E-state index contributed by atoms with van der Waals surface area (Å²) < 4.78 is 15.6. The molecule has 2 aromatic carbocycles. The van der Waals surface area contributed by atoms with Crippen LogP contribution in [-0.2, 0) is 11.2 Å². The number of nitrogens with one attached hydrogen (secondary N) is 2. The van der Waals surface area contributed by atoms with Gasteiger partial charge >= 0.3 is 0 Å². The van der Waals surface area contributed by atoms with Gasteiger partial charge in [0.05, 0.1) is 33.4 Å². The number of amides is 2. The first kappa shape index (κ1) is 20.9. The summed E-state index contributed by atoms with van der Waals surface area (Å²) in [7, 11) is 4.66. The van der Waals surface area contributed by atoms with E-state index in [1.54, 1.807) is 26.4 Å². The second kappa shape index (κ2) is 10.1. The van der Waals surface area contributed by atoms with Crippen molar-refractivity contribution in [2.24, 2.45) is 5.73 Å². The average Bonchev–Trinajstić information content (AvgIpc) is 2.71. The van der Waals surface area contributed by atoms with Crippen LogP contribution in [0.4, 0.5) is 5.69 Å². The lowest BCUT2D eigenvalue weighted by molar-refractivity contribution is -0.119. The van der Waals surface area contributed by atoms with Gasteiger partial charge in [0, 0.05) is 12.2 Å². The average molecular weight is 387 g/mol. The summed E-state index contributed by atoms with van der Waals surface area (Å²) in [5.74, 6) is 1.01. The lowest BCUT2D eigenvalue weighted by Gasteiger charge is -2.12. The minimum atomic E-state index is -0.602. The molecule has 2 aromatic rings. The Morgan fingerprint density at radius 3 is 2.36 bits per heavy atom. The second-order valence-corrected chi connectivity index (χ2v) is 5.92. The number of rotatable bonds is 10. The van der Waals surface area contributed by atoms with E-state index < -0.39 is 5.91 Å². The van der Waals surface area contributed by atoms with Crippen LogP contribution >= 0.6 is 0 Å². The molecule has 4 N–H and O–H groups in total. The Labute approximate surface area is 164 Å². The normalized spacial score (nSPS) is 10.1. The minimum absolute atomic E-state index is 0.0124. The van der Waals surface area contributed by atoms with E-state index in [0.717, 1.165) is 5.56 Å². The van der Waals surface area contributed by atoms with Crippen LogP contribution in [-0.4, -0.2) is 46.2 Å². The number of benzene rings is 2. The molecule has 0 fully saturated rings. The number of carbonyl (C=O) groups is 2. The summed E-state index contributed by atoms with van der Waals surface area (Å²) in [4.78, 5) is 23.6. The van der Waals surface area contributed by atoms with Crippen molar-refractivity contribution in [1.82, 2.24) is 5.32 Å². The Kier molecular flexibility index (Phi) is 7.50. The fourth-order valence-corrected chi connectivity index (χ4v) is 2.63. The molecule has 0 bridgehead atoms. The molecule has 0 radical (unpaired) electrons. The Morgan fingerprint density at radius 1 is 0.964 bits per heavy atom. The highest BCUT2D eigenvalue weighted by Crippen LogP contribution is 2.27. The number of nitrogens with two attached hydrogens (primary N) is 1. The number of primary amides is 1. The molecule has 0 aromatic heterocycles. The van der Waals surface area contributed by atoms with E-state index in [1.165, 1.54) is 13.2 Å². The highest BCUT2D eigenvalue weighted by atomic mass is 16.5. The van der Waals surface area contributed by atoms with Crippen molar-refractivity contribution in [3.8, 4) is 17.2 Å². The van der Waals surface area contributed by atoms with Crippen molar-refractivity contribution in [3.63, 3.8) is 0 Å². The van der Waals surface area contributed by atoms with Gasteiger partial charge in [0.25, 0.3) is 5.91 Å². The fraction of sp³-hybridized carbons (Fsp3) is 0.300. The van der Waals surface area contributed by atoms with Crippen molar-refractivity contribution in [2.45, 2.75) is 6.42 Å². The largest absolute Gasteiger partial charge is 0.497 e. The molecular formula is C20H25N3O5. The number of ether oxygens (including phenoxy) is 3. The van der Waals surface area contributed by atoms with Gasteiger partial charge in [0.15, 0.2) is 11.5 Å². The molecule has 28 heavy (non-hydrogen) atoms. The molecule has 0 spiro atoms. The van der Waals surface area contributed by atoms with Crippen molar-refractivity contribution in [3.05, 3.63) is 47.5 Å². The maximum Gasteiger partial charge on any atom is 0.250 e. The van der Waals surface area contributed by atoms with Gasteiger partial charge < -0.3 is 30.6 Å². The molecular weight excluding hydrogens is 362 g/mol. The molecule has 0 heterocycles. The molecule has 0 unspecified atom stereocenters. The van der Waals surface area contributed by atoms with Gasteiger partial charge in [-0.1, -0.05) is 6.07 Å². The Morgan fingerprint density at radius 2 is 1.71 bits per heavy atom. The van der Waals surface area contributed by atoms with Crippen molar-refractivity contribution >= 4 is 17.5 Å². The third kappa shape index (κ3) is 5.54. The van der Waals surface area contributed by atoms with Crippen LogP contribution < -0.4 is 30.6 Å². The monoisotopic (exact) mass is 387 g/mol. The third-order valence-electron chi connectivity index (χ3n) is 4.12. The fourth-order valence-electron chi connectivity index (χ4n) is 2.63. The van der Waals surface area contributed by atoms with E-state index in [1.807, 2.05) is 18.2 Å². The van der Waals surface area contributed by atoms with Crippen LogP contribution in [0.25, 0.3) is 0 Å². The van der Waals surface area contributed by atoms with Crippen LogP contribution in [0.2, 0.25) is 0 Å². The van der Waals surface area contributed by atoms with Crippen molar-refractivity contribution < 1.29 is 23.8 Å². The molecule has 0 saturated heterocycles. The first-order valence-electron chi connectivity index (χ1n) is 8.67. The summed E-state index contributed by atoms with van der Waals surface area (Å²) in [6.07, 6.45) is 0.640. The first-order chi connectivity index (χ1) is 13.5. The highest BCUT2D eigenvalue weighted by molar-refractivity contribution is 5.99. The zero-order chi connectivity index (χ0) is 20.5. The summed E-state index contributed by atoms with van der Waals surface area (Å²) in [5, 5.41) is 5.75. The quantitative estimate of drug-likeness (QED) is 0.571. The van der Waals surface area contributed by atoms with Crippen LogP contribution in [0.5, 0.6) is 17.2 Å². The van der Waals surface area contributed by atoms with Crippen LogP contribution in [0.1, 0.15) is 15.9 Å². The van der Waals surface area contributed by atoms with E-state index in [9.17, 15) is 9.59 Å². The van der Waals surface area contributed by atoms with Gasteiger partial charge in [-0.2, -0.15) is 0 Å². The van der Waals surface area contributed by atoms with E-state index in [2.05, 4.69) is 10.6 Å². The lowest BCUT2D eigenvalue weighted by atomic mass is 10.1. The first-order valence-corrected chi connectivity index (χ1v) is 8.67. The second-order valence-electron chi connectivity index (χ2n) is 5.92. The predicted octanol–water partition coefficient (Wildman–Crippen LogP) is 1.58. The van der Waals surface area contributed by atoms with E-state index in [0.29, 0.717) is 35.9 Å². The number of anilines is 1. The number of carbonyl (C=O) groups excluding carboxylic acids is 2. The minimum Gasteiger partial charge on any atom is -0.497 e. The zero-order valence-electron chi connectivity index (χ0n) is 16.2. The summed E-state index contributed by atoms with van der Waals surface area (Å²) in [6, 6.07) is 10.5. The zero-order valence-corrected chi connectivity index (χ0v) is 16.2. The van der Waals surface area contributed by atoms with Gasteiger partial charge in [-0.25, -0.2) is 0 Å². The van der Waals surface area contributed by atoms with Crippen LogP contribution in [0.15, 0.2) is 36.4 Å². The topological polar surface area (TPSA) is 112 Å². The molecule has 0 saturated carbocycles. The molecule has 2 amide bonds. The van der Waals surface area contributed by atoms with Gasteiger partial charge in [-0.05, 0) is 42.3 Å². The SMILES string of the molecule is COc1ccc(NCC(=O)NCCc2ccc(OC)c(OC)c2)c(C(N)=O)c1. The molecule has 0 aliphatic carbocycles. The smallest absolute Gasteiger partial charge is 0.250 e. The number of methoxy groups -OCH3 is 3. The van der Waals surface area contributed by atoms with Crippen molar-refractivity contribution in [1.29, 1.82) is 0 Å². The Bertz CT molecular complexity index is 839. The molecule has 0 aliphatic rings. The highest BCUT2D eigenvalue weighted by Gasteiger charge is 2.11. The van der Waals surface area contributed by atoms with Crippen LogP contribution in [0.3, 0.4) is 0 Å². The molecule has 150 valence electrons. The van der Waals surface area contributed by atoms with Crippen molar-refractivity contribution in [2.75, 3.05) is 39.7 Å². The molecule has 0 atom stereocenters. The third-order valence-corrected chi connectivity index (χ3v) is 4.12. The summed E-state index contributed by atoms with van der Waals surface area (Å²) >= 11 is 0. The maximum atomic E-state index is 12.1. The van der Waals surface area contributed by atoms with E-state index in [-0.39, 0.29) is 18.0 Å². The molecule has 0 aliphatic heterocycles. The Hall–Kier alpha value is -3.42. The van der Waals surface area contributed by atoms with Gasteiger partial charge in [-0.15, -0.1) is 0 Å². The van der Waals surface area contributed by atoms with E-state index >= 15 is 0 Å². The van der Waals surface area contributed by atoms with Gasteiger partial charge in [0.1, 0.15) is 5.75 Å². The standard InChI is InChI=1S/C20H25N3O5/c1-26-14-5-6-16(15(11-14)20(21)25)23-12-19(24)22-9-8-13-4-7-17(27-2)18(10-13)28-3/h4-7,10-11,23H,8-9,12H2,1-3H3,(H2,21,25)(H,22,24). The maximum absolute atomic E-state index is 12.1. The van der Waals surface area contributed by atoms with Gasteiger partial charge in [0.2, 0.25) is 5.91 Å². The lowest BCUT2D eigenvalue weighted by Crippen LogP contribution is -2.31. The number of hydrogen-bond donors (Lipinski definition) is 3. The summed E-state index contributed by atoms with van der Waals surface area (Å²) in [6.45, 7) is 0.472. The molecule has 2 rings (SSSR count). The number of hydrogen-bond acceptors (Lipinski definition) is 6. The summed E-state index contributed by atoms with van der Waals surface area (Å²) in [5.41, 5.74) is 7.13. The van der Waals surface area contributed by atoms with Crippen LogP contribution in [0, 0.1) is 0 Å². The molecule has 8 nitrogen and oxygen atoms in total. The predicted molar refractivity (Wildman–Crippen MR) is 106 cm³/mol. The van der Waals surface area contributed by atoms with E-state index in [4.69, 9.17) is 19.9 Å². The van der Waals surface area contributed by atoms with Gasteiger partial charge in [-0.3, -0.25) is 9.59 Å². The Balaban J connectivity index is 1.86. The molecule has 8 heteroatoms.